The number of nitrogens with zero attached hydrogens (tertiary/aromatic N) is 1. The minimum absolute atomic E-state index is 0.316. The zero-order chi connectivity index (χ0) is 19.7. The molecule has 2 fully saturated rings. The predicted octanol–water partition coefficient (Wildman–Crippen LogP) is 5.88. The first kappa shape index (κ1) is 18.9. The maximum Gasteiger partial charge on any atom is 0.223 e. The summed E-state index contributed by atoms with van der Waals surface area (Å²) in [7, 11) is 0. The molecule has 152 valence electrons. The van der Waals surface area contributed by atoms with Crippen LogP contribution < -0.4 is 0 Å². The van der Waals surface area contributed by atoms with Crippen molar-refractivity contribution in [3.05, 3.63) is 70.8 Å². The van der Waals surface area contributed by atoms with Crippen molar-refractivity contribution in [2.75, 3.05) is 13.1 Å². The Morgan fingerprint density at radius 2 is 1.48 bits per heavy atom. The van der Waals surface area contributed by atoms with Gasteiger partial charge in [0.25, 0.3) is 0 Å². The van der Waals surface area contributed by atoms with Crippen molar-refractivity contribution in [2.45, 2.75) is 70.1 Å². The van der Waals surface area contributed by atoms with Gasteiger partial charge >= 0.3 is 0 Å². The lowest BCUT2D eigenvalue weighted by Gasteiger charge is -2.32. The van der Waals surface area contributed by atoms with Crippen LogP contribution in [0.2, 0.25) is 0 Å². The van der Waals surface area contributed by atoms with E-state index in [0.29, 0.717) is 17.2 Å². The van der Waals surface area contributed by atoms with E-state index < -0.39 is 0 Å². The van der Waals surface area contributed by atoms with Gasteiger partial charge in [-0.1, -0.05) is 67.8 Å². The molecule has 2 nitrogen and oxygen atoms in total. The lowest BCUT2D eigenvalue weighted by molar-refractivity contribution is -0.127. The van der Waals surface area contributed by atoms with Gasteiger partial charge in [-0.05, 0) is 66.2 Å². The molecule has 0 bridgehead atoms. The van der Waals surface area contributed by atoms with Crippen LogP contribution in [0.3, 0.4) is 0 Å². The number of hydrogen-bond acceptors (Lipinski definition) is 1. The van der Waals surface area contributed by atoms with Crippen molar-refractivity contribution in [3.8, 4) is 0 Å². The predicted molar refractivity (Wildman–Crippen MR) is 118 cm³/mol. The number of carbonyl (C=O) groups is 1. The Labute approximate surface area is 175 Å². The largest absolute Gasteiger partial charge is 0.342 e. The van der Waals surface area contributed by atoms with Crippen LogP contribution in [0.5, 0.6) is 0 Å². The summed E-state index contributed by atoms with van der Waals surface area (Å²) >= 11 is 0. The molecule has 2 heteroatoms. The molecule has 2 aliphatic carbocycles. The molecule has 1 amide bonds. The Kier molecular flexibility index (Phi) is 5.20. The molecule has 0 aromatic heterocycles. The van der Waals surface area contributed by atoms with E-state index in [2.05, 4.69) is 53.4 Å². The summed E-state index contributed by atoms with van der Waals surface area (Å²) in [5.74, 6) is 0.875. The molecule has 1 spiro atoms. The van der Waals surface area contributed by atoms with Crippen molar-refractivity contribution in [1.29, 1.82) is 0 Å². The van der Waals surface area contributed by atoms with Gasteiger partial charge < -0.3 is 4.90 Å². The SMILES string of the molecule is O=C1CC2(CCCCC2)CN1CCCC1c2ccccc2CCc2ccccc21. The first-order chi connectivity index (χ1) is 14.2. The number of benzene rings is 2. The molecule has 0 atom stereocenters. The Morgan fingerprint density at radius 1 is 0.862 bits per heavy atom. The summed E-state index contributed by atoms with van der Waals surface area (Å²) in [5, 5.41) is 0. The van der Waals surface area contributed by atoms with E-state index in [0.717, 1.165) is 45.2 Å². The van der Waals surface area contributed by atoms with Gasteiger partial charge in [0.15, 0.2) is 0 Å². The van der Waals surface area contributed by atoms with E-state index in [1.54, 1.807) is 0 Å². The molecule has 1 saturated carbocycles. The van der Waals surface area contributed by atoms with Crippen LogP contribution in [0, 0.1) is 5.41 Å². The summed E-state index contributed by atoms with van der Waals surface area (Å²) in [6, 6.07) is 18.0. The zero-order valence-corrected chi connectivity index (χ0v) is 17.5. The first-order valence-corrected chi connectivity index (χ1v) is 11.7. The second-order valence-corrected chi connectivity index (χ2v) is 9.65. The number of aryl methyl sites for hydroxylation is 2. The van der Waals surface area contributed by atoms with Crippen molar-refractivity contribution < 1.29 is 4.79 Å². The molecule has 5 rings (SSSR count). The summed E-state index contributed by atoms with van der Waals surface area (Å²) < 4.78 is 0. The molecule has 1 aliphatic heterocycles. The third-order valence-corrected chi connectivity index (χ3v) is 7.76. The van der Waals surface area contributed by atoms with Gasteiger partial charge in [-0.25, -0.2) is 0 Å². The molecule has 0 radical (unpaired) electrons. The quantitative estimate of drug-likeness (QED) is 0.641. The van der Waals surface area contributed by atoms with Gasteiger partial charge in [0.05, 0.1) is 0 Å². The van der Waals surface area contributed by atoms with Crippen molar-refractivity contribution in [1.82, 2.24) is 4.90 Å². The number of likely N-dealkylation sites (tertiary alicyclic amines) is 1. The van der Waals surface area contributed by atoms with Crippen LogP contribution in [0.1, 0.15) is 79.5 Å². The van der Waals surface area contributed by atoms with Gasteiger partial charge in [0.2, 0.25) is 5.91 Å². The minimum atomic E-state index is 0.316. The number of fused-ring (bicyclic) bond motifs is 2. The summed E-state index contributed by atoms with van der Waals surface area (Å²) in [6.07, 6.45) is 11.8. The number of rotatable bonds is 4. The van der Waals surface area contributed by atoms with E-state index in [9.17, 15) is 4.79 Å². The van der Waals surface area contributed by atoms with Crippen molar-refractivity contribution in [3.63, 3.8) is 0 Å². The van der Waals surface area contributed by atoms with E-state index >= 15 is 0 Å². The molecule has 29 heavy (non-hydrogen) atoms. The van der Waals surface area contributed by atoms with Crippen LogP contribution in [0.4, 0.5) is 0 Å². The van der Waals surface area contributed by atoms with Gasteiger partial charge in [0, 0.05) is 25.4 Å². The maximum atomic E-state index is 12.7. The average Bonchev–Trinajstić information content (AvgIpc) is 2.95. The molecule has 2 aromatic carbocycles. The molecular formula is C27H33NO. The van der Waals surface area contributed by atoms with Crippen LogP contribution >= 0.6 is 0 Å². The Balaban J connectivity index is 1.30. The fourth-order valence-electron chi connectivity index (χ4n) is 6.26. The fraction of sp³-hybridized carbons (Fsp3) is 0.519. The number of amides is 1. The Bertz CT molecular complexity index is 832. The summed E-state index contributed by atoms with van der Waals surface area (Å²) in [5.41, 5.74) is 6.35. The molecule has 0 unspecified atom stereocenters. The highest BCUT2D eigenvalue weighted by molar-refractivity contribution is 5.79. The van der Waals surface area contributed by atoms with Crippen LogP contribution in [-0.2, 0) is 17.6 Å². The van der Waals surface area contributed by atoms with Gasteiger partial charge in [-0.3, -0.25) is 4.79 Å². The minimum Gasteiger partial charge on any atom is -0.342 e. The number of hydrogen-bond donors (Lipinski definition) is 0. The molecule has 1 saturated heterocycles. The normalized spacial score (nSPS) is 21.1. The van der Waals surface area contributed by atoms with Crippen LogP contribution in [-0.4, -0.2) is 23.9 Å². The fourth-order valence-corrected chi connectivity index (χ4v) is 6.26. The third-order valence-electron chi connectivity index (χ3n) is 7.76. The Morgan fingerprint density at radius 3 is 2.14 bits per heavy atom. The molecule has 3 aliphatic rings. The topological polar surface area (TPSA) is 20.3 Å². The lowest BCUT2D eigenvalue weighted by Crippen LogP contribution is -2.31. The highest BCUT2D eigenvalue weighted by Crippen LogP contribution is 2.44. The second kappa shape index (κ2) is 7.97. The molecule has 0 N–H and O–H groups in total. The highest BCUT2D eigenvalue weighted by Gasteiger charge is 2.43. The smallest absolute Gasteiger partial charge is 0.223 e. The van der Waals surface area contributed by atoms with Crippen LogP contribution in [0.15, 0.2) is 48.5 Å². The highest BCUT2D eigenvalue weighted by atomic mass is 16.2. The van der Waals surface area contributed by atoms with E-state index in [1.165, 1.54) is 54.4 Å². The summed E-state index contributed by atoms with van der Waals surface area (Å²) in [4.78, 5) is 14.9. The van der Waals surface area contributed by atoms with Crippen molar-refractivity contribution >= 4 is 5.91 Å². The monoisotopic (exact) mass is 387 g/mol. The van der Waals surface area contributed by atoms with Gasteiger partial charge in [-0.15, -0.1) is 0 Å². The van der Waals surface area contributed by atoms with Gasteiger partial charge in [0.1, 0.15) is 0 Å². The lowest BCUT2D eigenvalue weighted by atomic mass is 9.73. The zero-order valence-electron chi connectivity index (χ0n) is 17.5. The summed E-state index contributed by atoms with van der Waals surface area (Å²) in [6.45, 7) is 1.95. The van der Waals surface area contributed by atoms with Gasteiger partial charge in [-0.2, -0.15) is 0 Å². The number of carbonyl (C=O) groups excluding carboxylic acids is 1. The molecule has 2 aromatic rings. The standard InChI is InChI=1S/C27H33NO/c29-26-19-27(16-6-1-7-17-27)20-28(26)18-8-13-25-23-11-4-2-9-21(23)14-15-22-10-3-5-12-24(22)25/h2-5,9-12,25H,1,6-8,13-20H2. The average molecular weight is 388 g/mol. The molecule has 1 heterocycles. The third kappa shape index (κ3) is 3.74. The van der Waals surface area contributed by atoms with E-state index in [4.69, 9.17) is 0 Å². The Hall–Kier alpha value is -2.09. The maximum absolute atomic E-state index is 12.7. The van der Waals surface area contributed by atoms with E-state index in [1.807, 2.05) is 0 Å². The van der Waals surface area contributed by atoms with Crippen LogP contribution in [0.25, 0.3) is 0 Å². The molecular weight excluding hydrogens is 354 g/mol. The second-order valence-electron chi connectivity index (χ2n) is 9.65. The van der Waals surface area contributed by atoms with Crippen molar-refractivity contribution in [2.24, 2.45) is 5.41 Å². The first-order valence-electron chi connectivity index (χ1n) is 11.7. The van der Waals surface area contributed by atoms with E-state index in [-0.39, 0.29) is 0 Å².